The fourth-order valence-corrected chi connectivity index (χ4v) is 3.50. The van der Waals surface area contributed by atoms with Crippen LogP contribution < -0.4 is 14.8 Å². The number of benzene rings is 3. The summed E-state index contributed by atoms with van der Waals surface area (Å²) in [5, 5.41) is 3.50. The van der Waals surface area contributed by atoms with Gasteiger partial charge in [0.2, 0.25) is 0 Å². The second-order valence-corrected chi connectivity index (χ2v) is 8.91. The van der Waals surface area contributed by atoms with E-state index in [2.05, 4.69) is 32.2 Å². The molecule has 3 aromatic carbocycles. The smallest absolute Gasteiger partial charge is 0.255 e. The Balaban J connectivity index is 1.83. The average molecular weight is 438 g/mol. The van der Waals surface area contributed by atoms with Gasteiger partial charge >= 0.3 is 0 Å². The summed E-state index contributed by atoms with van der Waals surface area (Å²) in [4.78, 5) is 12.9. The van der Waals surface area contributed by atoms with Gasteiger partial charge in [0.05, 0.1) is 7.11 Å². The Morgan fingerprint density at radius 2 is 1.74 bits per heavy atom. The summed E-state index contributed by atoms with van der Waals surface area (Å²) in [5.74, 6) is 1.27. The van der Waals surface area contributed by atoms with E-state index in [1.54, 1.807) is 37.4 Å². The van der Waals surface area contributed by atoms with Crippen molar-refractivity contribution < 1.29 is 14.3 Å². The van der Waals surface area contributed by atoms with Crippen molar-refractivity contribution in [2.45, 2.75) is 39.7 Å². The SMILES string of the molecule is COc1ccc(C(=O)Nc2cc(Cl)ccc2C)cc1COc1ccccc1C(C)(C)C. The largest absolute Gasteiger partial charge is 0.496 e. The fraction of sp³-hybridized carbons (Fsp3) is 0.269. The number of amides is 1. The molecule has 3 rings (SSSR count). The lowest BCUT2D eigenvalue weighted by atomic mass is 9.86. The number of nitrogens with one attached hydrogen (secondary N) is 1. The summed E-state index contributed by atoms with van der Waals surface area (Å²) in [7, 11) is 1.61. The van der Waals surface area contributed by atoms with Gasteiger partial charge in [0, 0.05) is 21.8 Å². The maximum atomic E-state index is 12.9. The number of hydrogen-bond donors (Lipinski definition) is 1. The molecule has 1 amide bonds. The van der Waals surface area contributed by atoms with Gasteiger partial charge in [-0.3, -0.25) is 4.79 Å². The van der Waals surface area contributed by atoms with Crippen LogP contribution in [0.2, 0.25) is 5.02 Å². The number of anilines is 1. The zero-order chi connectivity index (χ0) is 22.6. The Hall–Kier alpha value is -2.98. The van der Waals surface area contributed by atoms with Crippen molar-refractivity contribution in [1.82, 2.24) is 0 Å². The van der Waals surface area contributed by atoms with E-state index in [9.17, 15) is 4.79 Å². The summed E-state index contributed by atoms with van der Waals surface area (Å²) < 4.78 is 11.6. The molecular weight excluding hydrogens is 410 g/mol. The fourth-order valence-electron chi connectivity index (χ4n) is 3.32. The molecule has 0 aliphatic rings. The van der Waals surface area contributed by atoms with Crippen LogP contribution in [0.15, 0.2) is 60.7 Å². The molecule has 0 radical (unpaired) electrons. The topological polar surface area (TPSA) is 47.6 Å². The number of aryl methyl sites for hydroxylation is 1. The van der Waals surface area contributed by atoms with Crippen molar-refractivity contribution in [3.05, 3.63) is 87.9 Å². The van der Waals surface area contributed by atoms with Gasteiger partial charge in [-0.2, -0.15) is 0 Å². The van der Waals surface area contributed by atoms with Gasteiger partial charge in [-0.05, 0) is 59.9 Å². The molecule has 0 fully saturated rings. The van der Waals surface area contributed by atoms with Crippen LogP contribution in [-0.4, -0.2) is 13.0 Å². The molecular formula is C26H28ClNO3. The van der Waals surface area contributed by atoms with Crippen molar-refractivity contribution >= 4 is 23.2 Å². The normalized spacial score (nSPS) is 11.2. The van der Waals surface area contributed by atoms with Gasteiger partial charge < -0.3 is 14.8 Å². The highest BCUT2D eigenvalue weighted by molar-refractivity contribution is 6.31. The molecule has 0 aromatic heterocycles. The molecule has 162 valence electrons. The van der Waals surface area contributed by atoms with E-state index < -0.39 is 0 Å². The lowest BCUT2D eigenvalue weighted by Gasteiger charge is -2.23. The lowest BCUT2D eigenvalue weighted by molar-refractivity contribution is 0.102. The molecule has 0 heterocycles. The molecule has 0 spiro atoms. The minimum absolute atomic E-state index is 0.0444. The maximum Gasteiger partial charge on any atom is 0.255 e. The Morgan fingerprint density at radius 3 is 2.45 bits per heavy atom. The predicted octanol–water partition coefficient (Wildman–Crippen LogP) is 6.79. The van der Waals surface area contributed by atoms with E-state index in [0.717, 1.165) is 22.4 Å². The average Bonchev–Trinajstić information content (AvgIpc) is 2.74. The number of methoxy groups -OCH3 is 1. The third-order valence-corrected chi connectivity index (χ3v) is 5.30. The summed E-state index contributed by atoms with van der Waals surface area (Å²) in [6.07, 6.45) is 0. The van der Waals surface area contributed by atoms with E-state index in [0.29, 0.717) is 22.0 Å². The number of halogens is 1. The molecule has 31 heavy (non-hydrogen) atoms. The molecule has 0 aliphatic carbocycles. The van der Waals surface area contributed by atoms with Crippen LogP contribution in [0.5, 0.6) is 11.5 Å². The van der Waals surface area contributed by atoms with E-state index in [4.69, 9.17) is 21.1 Å². The van der Waals surface area contributed by atoms with Gasteiger partial charge in [0.15, 0.2) is 0 Å². The van der Waals surface area contributed by atoms with Gasteiger partial charge in [-0.1, -0.05) is 56.6 Å². The Kier molecular flexibility index (Phi) is 6.91. The van der Waals surface area contributed by atoms with E-state index in [1.807, 2.05) is 31.2 Å². The molecule has 0 unspecified atom stereocenters. The van der Waals surface area contributed by atoms with Gasteiger partial charge in [-0.15, -0.1) is 0 Å². The van der Waals surface area contributed by atoms with Crippen LogP contribution in [0.25, 0.3) is 0 Å². The van der Waals surface area contributed by atoms with Gasteiger partial charge in [0.1, 0.15) is 18.1 Å². The van der Waals surface area contributed by atoms with E-state index in [-0.39, 0.29) is 17.9 Å². The quantitative estimate of drug-likeness (QED) is 0.462. The number of para-hydroxylation sites is 1. The highest BCUT2D eigenvalue weighted by Crippen LogP contribution is 2.32. The molecule has 0 atom stereocenters. The summed E-state index contributed by atoms with van der Waals surface area (Å²) >= 11 is 6.07. The third-order valence-electron chi connectivity index (χ3n) is 5.07. The lowest BCUT2D eigenvalue weighted by Crippen LogP contribution is -2.15. The first kappa shape index (κ1) is 22.7. The van der Waals surface area contributed by atoms with Crippen molar-refractivity contribution in [1.29, 1.82) is 0 Å². The first-order valence-corrected chi connectivity index (χ1v) is 10.5. The van der Waals surface area contributed by atoms with E-state index >= 15 is 0 Å². The van der Waals surface area contributed by atoms with Crippen molar-refractivity contribution in [3.8, 4) is 11.5 Å². The highest BCUT2D eigenvalue weighted by atomic mass is 35.5. The zero-order valence-electron chi connectivity index (χ0n) is 18.6. The zero-order valence-corrected chi connectivity index (χ0v) is 19.3. The Morgan fingerprint density at radius 1 is 1.00 bits per heavy atom. The number of hydrogen-bond acceptors (Lipinski definition) is 3. The van der Waals surface area contributed by atoms with Crippen molar-refractivity contribution in [3.63, 3.8) is 0 Å². The minimum Gasteiger partial charge on any atom is -0.496 e. The van der Waals surface area contributed by atoms with Crippen LogP contribution in [0.4, 0.5) is 5.69 Å². The second kappa shape index (κ2) is 9.44. The predicted molar refractivity (Wildman–Crippen MR) is 127 cm³/mol. The van der Waals surface area contributed by atoms with Crippen molar-refractivity contribution in [2.24, 2.45) is 0 Å². The molecule has 0 bridgehead atoms. The van der Waals surface area contributed by atoms with Crippen LogP contribution in [0.3, 0.4) is 0 Å². The third kappa shape index (κ3) is 5.59. The molecule has 0 saturated carbocycles. The van der Waals surface area contributed by atoms with Crippen LogP contribution in [-0.2, 0) is 12.0 Å². The minimum atomic E-state index is -0.218. The number of ether oxygens (including phenoxy) is 2. The monoisotopic (exact) mass is 437 g/mol. The van der Waals surface area contributed by atoms with Crippen LogP contribution in [0, 0.1) is 6.92 Å². The summed E-state index contributed by atoms with van der Waals surface area (Å²) in [6.45, 7) is 8.66. The second-order valence-electron chi connectivity index (χ2n) is 8.47. The maximum absolute atomic E-state index is 12.9. The first-order chi connectivity index (χ1) is 14.7. The standard InChI is InChI=1S/C26H28ClNO3/c1-17-10-12-20(27)15-22(17)28-25(29)18-11-13-23(30-5)19(14-18)16-31-24-9-7-6-8-21(24)26(2,3)4/h6-15H,16H2,1-5H3,(H,28,29). The highest BCUT2D eigenvalue weighted by Gasteiger charge is 2.19. The van der Waals surface area contributed by atoms with Gasteiger partial charge in [-0.25, -0.2) is 0 Å². The number of rotatable bonds is 6. The summed E-state index contributed by atoms with van der Waals surface area (Å²) in [5.41, 5.74) is 4.01. The number of carbonyl (C=O) groups excluding carboxylic acids is 1. The Bertz CT molecular complexity index is 1090. The van der Waals surface area contributed by atoms with Crippen LogP contribution >= 0.6 is 11.6 Å². The molecule has 3 aromatic rings. The Labute approximate surface area is 189 Å². The molecule has 1 N–H and O–H groups in total. The van der Waals surface area contributed by atoms with Gasteiger partial charge in [0.25, 0.3) is 5.91 Å². The van der Waals surface area contributed by atoms with E-state index in [1.165, 1.54) is 0 Å². The first-order valence-electron chi connectivity index (χ1n) is 10.2. The molecule has 0 saturated heterocycles. The molecule has 4 nitrogen and oxygen atoms in total. The molecule has 5 heteroatoms. The molecule has 0 aliphatic heterocycles. The van der Waals surface area contributed by atoms with Crippen molar-refractivity contribution in [2.75, 3.05) is 12.4 Å². The number of carbonyl (C=O) groups is 1. The summed E-state index contributed by atoms with van der Waals surface area (Å²) in [6, 6.07) is 18.7. The van der Waals surface area contributed by atoms with Crippen LogP contribution in [0.1, 0.15) is 47.8 Å².